The number of H-pyrrole nitrogens is 1. The van der Waals surface area contributed by atoms with Crippen LogP contribution in [0.15, 0.2) is 18.7 Å². The number of rotatable bonds is 5. The second-order valence-corrected chi connectivity index (χ2v) is 3.74. The highest BCUT2D eigenvalue weighted by atomic mass is 16.5. The summed E-state index contributed by atoms with van der Waals surface area (Å²) in [6.45, 7) is 3.81. The minimum Gasteiger partial charge on any atom is -0.462 e. The molecule has 0 aliphatic rings. The Hall–Kier alpha value is -2.64. The smallest absolute Gasteiger partial charge is 0.340 e. The van der Waals surface area contributed by atoms with Crippen LogP contribution in [0.3, 0.4) is 0 Å². The van der Waals surface area contributed by atoms with Crippen molar-refractivity contribution in [3.05, 3.63) is 29.8 Å². The lowest BCUT2D eigenvalue weighted by atomic mass is 10.2. The Bertz CT molecular complexity index is 568. The van der Waals surface area contributed by atoms with Crippen LogP contribution in [-0.4, -0.2) is 44.9 Å². The number of nitrogens with one attached hydrogen (secondary N) is 1. The maximum absolute atomic E-state index is 11.9. The lowest BCUT2D eigenvalue weighted by Gasteiger charge is -2.02. The van der Waals surface area contributed by atoms with Gasteiger partial charge in [0.2, 0.25) is 5.95 Å². The zero-order chi connectivity index (χ0) is 14.5. The summed E-state index contributed by atoms with van der Waals surface area (Å²) in [5, 5.41) is 6.34. The number of esters is 2. The number of ether oxygens (including phenoxy) is 2. The summed E-state index contributed by atoms with van der Waals surface area (Å²) >= 11 is 0. The molecule has 2 rings (SSSR count). The average Bonchev–Trinajstić information content (AvgIpc) is 3.08. The first-order valence-corrected chi connectivity index (χ1v) is 6.09. The fourth-order valence-electron chi connectivity index (χ4n) is 1.64. The average molecular weight is 278 g/mol. The summed E-state index contributed by atoms with van der Waals surface area (Å²) in [6, 6.07) is 0. The van der Waals surface area contributed by atoms with Crippen molar-refractivity contribution in [1.29, 1.82) is 0 Å². The van der Waals surface area contributed by atoms with Gasteiger partial charge in [-0.15, -0.1) is 0 Å². The van der Waals surface area contributed by atoms with Crippen molar-refractivity contribution >= 4 is 11.9 Å². The third-order valence-corrected chi connectivity index (χ3v) is 2.46. The molecular formula is C12H14N4O4. The van der Waals surface area contributed by atoms with Gasteiger partial charge in [-0.3, -0.25) is 4.57 Å². The summed E-state index contributed by atoms with van der Waals surface area (Å²) in [4.78, 5) is 27.7. The van der Waals surface area contributed by atoms with Crippen molar-refractivity contribution in [1.82, 2.24) is 19.7 Å². The topological polar surface area (TPSA) is 99.1 Å². The first-order valence-electron chi connectivity index (χ1n) is 6.09. The van der Waals surface area contributed by atoms with Crippen LogP contribution in [-0.2, 0) is 9.47 Å². The van der Waals surface area contributed by atoms with Crippen LogP contribution in [0.4, 0.5) is 0 Å². The summed E-state index contributed by atoms with van der Waals surface area (Å²) in [5.41, 5.74) is 0.253. The molecule has 8 nitrogen and oxygen atoms in total. The summed E-state index contributed by atoms with van der Waals surface area (Å²) < 4.78 is 11.3. The van der Waals surface area contributed by atoms with E-state index in [-0.39, 0.29) is 24.3 Å². The van der Waals surface area contributed by atoms with E-state index in [0.717, 1.165) is 0 Å². The molecule has 0 saturated carbocycles. The Labute approximate surface area is 114 Å². The standard InChI is InChI=1S/C12H14N4O4/c1-3-19-10(17)8-5-16(12-13-7-14-15-12)6-9(8)11(18)20-4-2/h5-7H,3-4H2,1-2H3,(H,13,14,15). The minimum absolute atomic E-state index is 0.127. The number of aromatic amines is 1. The Kier molecular flexibility index (Phi) is 4.14. The molecule has 2 heterocycles. The molecule has 8 heteroatoms. The van der Waals surface area contributed by atoms with Gasteiger partial charge in [-0.25, -0.2) is 14.7 Å². The van der Waals surface area contributed by atoms with Crippen LogP contribution in [0, 0.1) is 0 Å². The van der Waals surface area contributed by atoms with Crippen molar-refractivity contribution in [3.8, 4) is 5.95 Å². The third kappa shape index (κ3) is 2.68. The van der Waals surface area contributed by atoms with Crippen molar-refractivity contribution in [2.24, 2.45) is 0 Å². The summed E-state index contributed by atoms with van der Waals surface area (Å²) in [5.74, 6) is -0.797. The number of nitrogens with zero attached hydrogens (tertiary/aromatic N) is 3. The molecular weight excluding hydrogens is 264 g/mol. The molecule has 2 aromatic rings. The van der Waals surface area contributed by atoms with Gasteiger partial charge in [0.1, 0.15) is 6.33 Å². The van der Waals surface area contributed by atoms with Gasteiger partial charge in [0.15, 0.2) is 0 Å². The Morgan fingerprint density at radius 2 is 1.70 bits per heavy atom. The molecule has 0 aliphatic heterocycles. The van der Waals surface area contributed by atoms with Gasteiger partial charge in [0, 0.05) is 12.4 Å². The van der Waals surface area contributed by atoms with Crippen LogP contribution in [0.2, 0.25) is 0 Å². The second kappa shape index (κ2) is 6.00. The molecule has 2 aromatic heterocycles. The number of hydrogen-bond donors (Lipinski definition) is 1. The molecule has 0 fully saturated rings. The van der Waals surface area contributed by atoms with Gasteiger partial charge in [0.05, 0.1) is 24.3 Å². The molecule has 0 aliphatic carbocycles. The molecule has 1 N–H and O–H groups in total. The maximum Gasteiger partial charge on any atom is 0.340 e. The van der Waals surface area contributed by atoms with Gasteiger partial charge in [-0.05, 0) is 13.8 Å². The normalized spacial score (nSPS) is 10.3. The molecule has 0 spiro atoms. The van der Waals surface area contributed by atoms with Gasteiger partial charge in [0.25, 0.3) is 0 Å². The van der Waals surface area contributed by atoms with Crippen LogP contribution in [0.5, 0.6) is 0 Å². The van der Waals surface area contributed by atoms with Gasteiger partial charge < -0.3 is 9.47 Å². The van der Waals surface area contributed by atoms with Crippen molar-refractivity contribution in [3.63, 3.8) is 0 Å². The van der Waals surface area contributed by atoms with Gasteiger partial charge >= 0.3 is 11.9 Å². The van der Waals surface area contributed by atoms with Crippen LogP contribution in [0.1, 0.15) is 34.6 Å². The van der Waals surface area contributed by atoms with E-state index < -0.39 is 11.9 Å². The van der Waals surface area contributed by atoms with Crippen LogP contribution >= 0.6 is 0 Å². The number of hydrogen-bond acceptors (Lipinski definition) is 6. The highest BCUT2D eigenvalue weighted by Gasteiger charge is 2.23. The Morgan fingerprint density at radius 3 is 2.10 bits per heavy atom. The van der Waals surface area contributed by atoms with Gasteiger partial charge in [-0.2, -0.15) is 10.1 Å². The second-order valence-electron chi connectivity index (χ2n) is 3.74. The highest BCUT2D eigenvalue weighted by molar-refractivity contribution is 6.03. The van der Waals surface area contributed by atoms with E-state index in [1.807, 2.05) is 0 Å². The van der Waals surface area contributed by atoms with E-state index in [1.165, 1.54) is 23.3 Å². The lowest BCUT2D eigenvalue weighted by Crippen LogP contribution is -2.11. The molecule has 106 valence electrons. The van der Waals surface area contributed by atoms with Crippen LogP contribution < -0.4 is 0 Å². The third-order valence-electron chi connectivity index (χ3n) is 2.46. The van der Waals surface area contributed by atoms with Crippen molar-refractivity contribution in [2.75, 3.05) is 13.2 Å². The first kappa shape index (κ1) is 13.8. The van der Waals surface area contributed by atoms with Crippen molar-refractivity contribution < 1.29 is 19.1 Å². The maximum atomic E-state index is 11.9. The Balaban J connectivity index is 2.41. The van der Waals surface area contributed by atoms with E-state index >= 15 is 0 Å². The number of aromatic nitrogens is 4. The predicted octanol–water partition coefficient (Wildman–Crippen LogP) is 0.949. The summed E-state index contributed by atoms with van der Waals surface area (Å²) in [6.07, 6.45) is 4.22. The van der Waals surface area contributed by atoms with E-state index in [4.69, 9.17) is 9.47 Å². The molecule has 0 unspecified atom stereocenters. The fourth-order valence-corrected chi connectivity index (χ4v) is 1.64. The molecule has 0 bridgehead atoms. The quantitative estimate of drug-likeness (QED) is 0.817. The van der Waals surface area contributed by atoms with Crippen molar-refractivity contribution in [2.45, 2.75) is 13.8 Å². The molecule has 0 radical (unpaired) electrons. The molecule has 0 aromatic carbocycles. The fraction of sp³-hybridized carbons (Fsp3) is 0.333. The van der Waals surface area contributed by atoms with Gasteiger partial charge in [-0.1, -0.05) is 0 Å². The SMILES string of the molecule is CCOC(=O)c1cn(-c2ncn[nH]2)cc1C(=O)OCC. The van der Waals surface area contributed by atoms with E-state index in [2.05, 4.69) is 15.2 Å². The largest absolute Gasteiger partial charge is 0.462 e. The zero-order valence-electron chi connectivity index (χ0n) is 11.1. The predicted molar refractivity (Wildman–Crippen MR) is 67.6 cm³/mol. The molecule has 0 amide bonds. The Morgan fingerprint density at radius 1 is 1.15 bits per heavy atom. The molecule has 0 saturated heterocycles. The number of carbonyl (C=O) groups excluding carboxylic acids is 2. The molecule has 0 atom stereocenters. The first-order chi connectivity index (χ1) is 9.67. The van der Waals surface area contributed by atoms with Crippen LogP contribution in [0.25, 0.3) is 5.95 Å². The zero-order valence-corrected chi connectivity index (χ0v) is 11.1. The van der Waals surface area contributed by atoms with E-state index in [1.54, 1.807) is 13.8 Å². The lowest BCUT2D eigenvalue weighted by molar-refractivity contribution is 0.0480. The molecule has 20 heavy (non-hydrogen) atoms. The highest BCUT2D eigenvalue weighted by Crippen LogP contribution is 2.16. The van der Waals surface area contributed by atoms with E-state index in [0.29, 0.717) is 5.95 Å². The minimum atomic E-state index is -0.589. The number of carbonyl (C=O) groups is 2. The summed E-state index contributed by atoms with van der Waals surface area (Å²) in [7, 11) is 0. The monoisotopic (exact) mass is 278 g/mol. The van der Waals surface area contributed by atoms with E-state index in [9.17, 15) is 9.59 Å².